The summed E-state index contributed by atoms with van der Waals surface area (Å²) in [6, 6.07) is 10.9. The molecule has 0 amide bonds. The lowest BCUT2D eigenvalue weighted by Gasteiger charge is -2.16. The van der Waals surface area contributed by atoms with Crippen LogP contribution in [-0.2, 0) is 17.9 Å². The number of aliphatic carboxylic acids is 1. The van der Waals surface area contributed by atoms with Gasteiger partial charge in [0.15, 0.2) is 11.5 Å². The molecule has 0 aliphatic carbocycles. The van der Waals surface area contributed by atoms with Crippen molar-refractivity contribution in [1.29, 1.82) is 0 Å². The van der Waals surface area contributed by atoms with Crippen molar-refractivity contribution < 1.29 is 19.4 Å². The first-order valence-corrected chi connectivity index (χ1v) is 8.88. The largest absolute Gasteiger partial charge is 0.490 e. The van der Waals surface area contributed by atoms with Crippen LogP contribution in [0.5, 0.6) is 11.5 Å². The highest BCUT2D eigenvalue weighted by Gasteiger charge is 2.14. The summed E-state index contributed by atoms with van der Waals surface area (Å²) >= 11 is 6.35. The normalized spacial score (nSPS) is 11.8. The Morgan fingerprint density at radius 3 is 2.62 bits per heavy atom. The number of ether oxygens (including phenoxy) is 2. The van der Waals surface area contributed by atoms with Crippen LogP contribution in [-0.4, -0.2) is 23.7 Å². The fraction of sp³-hybridized carbons (Fsp3) is 0.350. The molecule has 0 aromatic heterocycles. The van der Waals surface area contributed by atoms with E-state index in [-0.39, 0.29) is 0 Å². The van der Waals surface area contributed by atoms with E-state index in [2.05, 4.69) is 11.4 Å². The van der Waals surface area contributed by atoms with E-state index in [1.54, 1.807) is 19.1 Å². The smallest absolute Gasteiger partial charge is 0.320 e. The van der Waals surface area contributed by atoms with Crippen molar-refractivity contribution in [2.45, 2.75) is 40.0 Å². The van der Waals surface area contributed by atoms with Crippen molar-refractivity contribution in [3.05, 3.63) is 58.1 Å². The van der Waals surface area contributed by atoms with Crippen molar-refractivity contribution in [2.24, 2.45) is 0 Å². The van der Waals surface area contributed by atoms with Gasteiger partial charge in [-0.3, -0.25) is 4.79 Å². The highest BCUT2D eigenvalue weighted by molar-refractivity contribution is 6.31. The molecule has 1 atom stereocenters. The van der Waals surface area contributed by atoms with Gasteiger partial charge in [0.2, 0.25) is 0 Å². The van der Waals surface area contributed by atoms with Crippen LogP contribution >= 0.6 is 11.6 Å². The van der Waals surface area contributed by atoms with Crippen molar-refractivity contribution >= 4 is 17.6 Å². The van der Waals surface area contributed by atoms with E-state index in [4.69, 9.17) is 26.2 Å². The van der Waals surface area contributed by atoms with Gasteiger partial charge in [0.05, 0.1) is 6.61 Å². The zero-order valence-electron chi connectivity index (χ0n) is 15.2. The van der Waals surface area contributed by atoms with Gasteiger partial charge in [-0.1, -0.05) is 41.4 Å². The first-order valence-electron chi connectivity index (χ1n) is 8.50. The molecule has 2 aromatic rings. The number of carboxylic acids is 1. The van der Waals surface area contributed by atoms with Crippen LogP contribution in [0, 0.1) is 6.92 Å². The lowest BCUT2D eigenvalue weighted by atomic mass is 10.1. The van der Waals surface area contributed by atoms with Gasteiger partial charge < -0.3 is 19.9 Å². The van der Waals surface area contributed by atoms with Gasteiger partial charge in [-0.25, -0.2) is 0 Å². The molecule has 0 spiro atoms. The molecule has 5 nitrogen and oxygen atoms in total. The van der Waals surface area contributed by atoms with E-state index in [1.165, 1.54) is 5.56 Å². The van der Waals surface area contributed by atoms with E-state index in [0.29, 0.717) is 36.3 Å². The lowest BCUT2D eigenvalue weighted by Crippen LogP contribution is -2.33. The number of nitrogens with one attached hydrogen (secondary N) is 1. The highest BCUT2D eigenvalue weighted by Crippen LogP contribution is 2.34. The standard InChI is InChI=1S/C20H24ClNO4/c1-4-25-18-9-16(11-22-14(3)20(23)24)17(21)10-19(18)26-12-15-7-5-6-13(2)8-15/h5-10,14,22H,4,11-12H2,1-3H3,(H,23,24). The summed E-state index contributed by atoms with van der Waals surface area (Å²) in [5.74, 6) is 0.238. The molecule has 2 aromatic carbocycles. The maximum absolute atomic E-state index is 10.9. The van der Waals surface area contributed by atoms with Crippen molar-refractivity contribution in [1.82, 2.24) is 5.32 Å². The summed E-state index contributed by atoms with van der Waals surface area (Å²) in [7, 11) is 0. The molecular formula is C20H24ClNO4. The van der Waals surface area contributed by atoms with Crippen LogP contribution in [0.2, 0.25) is 5.02 Å². The Hall–Kier alpha value is -2.24. The number of aryl methyl sites for hydroxylation is 1. The second kappa shape index (κ2) is 9.46. The van der Waals surface area contributed by atoms with Crippen LogP contribution in [0.3, 0.4) is 0 Å². The maximum atomic E-state index is 10.9. The average molecular weight is 378 g/mol. The summed E-state index contributed by atoms with van der Waals surface area (Å²) in [5.41, 5.74) is 2.99. The molecular weight excluding hydrogens is 354 g/mol. The molecule has 2 rings (SSSR count). The summed E-state index contributed by atoms with van der Waals surface area (Å²) < 4.78 is 11.6. The van der Waals surface area contributed by atoms with Crippen LogP contribution in [0.4, 0.5) is 0 Å². The molecule has 0 aliphatic rings. The minimum absolute atomic E-state index is 0.324. The lowest BCUT2D eigenvalue weighted by molar-refractivity contribution is -0.139. The van der Waals surface area contributed by atoms with Gasteiger partial charge in [0.1, 0.15) is 12.6 Å². The molecule has 0 aliphatic heterocycles. The van der Waals surface area contributed by atoms with Crippen LogP contribution in [0.1, 0.15) is 30.5 Å². The van der Waals surface area contributed by atoms with Crippen LogP contribution in [0.25, 0.3) is 0 Å². The quantitative estimate of drug-likeness (QED) is 0.685. The Kier molecular flexibility index (Phi) is 7.30. The molecule has 140 valence electrons. The topological polar surface area (TPSA) is 67.8 Å². The zero-order chi connectivity index (χ0) is 19.1. The zero-order valence-corrected chi connectivity index (χ0v) is 16.0. The second-order valence-corrected chi connectivity index (χ2v) is 6.45. The number of benzene rings is 2. The number of carbonyl (C=O) groups is 1. The van der Waals surface area contributed by atoms with Gasteiger partial charge in [0, 0.05) is 17.6 Å². The Labute approximate surface area is 158 Å². The summed E-state index contributed by atoms with van der Waals surface area (Å²) in [4.78, 5) is 10.9. The number of hydrogen-bond donors (Lipinski definition) is 2. The predicted octanol–water partition coefficient (Wildman–Crippen LogP) is 4.19. The molecule has 6 heteroatoms. The minimum atomic E-state index is -0.913. The van der Waals surface area contributed by atoms with Gasteiger partial charge in [0.25, 0.3) is 0 Å². The molecule has 26 heavy (non-hydrogen) atoms. The number of rotatable bonds is 9. The monoisotopic (exact) mass is 377 g/mol. The number of carboxylic acid groups (broad SMARTS) is 1. The molecule has 0 saturated carbocycles. The second-order valence-electron chi connectivity index (χ2n) is 6.04. The third-order valence-electron chi connectivity index (χ3n) is 3.86. The Bertz CT molecular complexity index is 763. The summed E-state index contributed by atoms with van der Waals surface area (Å²) in [6.07, 6.45) is 0. The van der Waals surface area contributed by atoms with Crippen LogP contribution < -0.4 is 14.8 Å². The Morgan fingerprint density at radius 2 is 1.96 bits per heavy atom. The van der Waals surface area contributed by atoms with E-state index in [9.17, 15) is 4.79 Å². The van der Waals surface area contributed by atoms with Crippen molar-refractivity contribution in [3.63, 3.8) is 0 Å². The first kappa shape index (κ1) is 20.1. The highest BCUT2D eigenvalue weighted by atomic mass is 35.5. The average Bonchev–Trinajstić information content (AvgIpc) is 2.60. The molecule has 0 radical (unpaired) electrons. The van der Waals surface area contributed by atoms with Gasteiger partial charge in [-0.2, -0.15) is 0 Å². The SMILES string of the molecule is CCOc1cc(CNC(C)C(=O)O)c(Cl)cc1OCc1cccc(C)c1. The van der Waals surface area contributed by atoms with E-state index < -0.39 is 12.0 Å². The van der Waals surface area contributed by atoms with E-state index in [1.807, 2.05) is 32.0 Å². The minimum Gasteiger partial charge on any atom is -0.490 e. The maximum Gasteiger partial charge on any atom is 0.320 e. The summed E-state index contributed by atoms with van der Waals surface area (Å²) in [5, 5.41) is 12.4. The molecule has 2 N–H and O–H groups in total. The molecule has 0 fully saturated rings. The van der Waals surface area contributed by atoms with Gasteiger partial charge in [-0.15, -0.1) is 0 Å². The van der Waals surface area contributed by atoms with Crippen molar-refractivity contribution in [2.75, 3.05) is 6.61 Å². The molecule has 1 unspecified atom stereocenters. The fourth-order valence-corrected chi connectivity index (χ4v) is 2.63. The fourth-order valence-electron chi connectivity index (χ4n) is 2.41. The Balaban J connectivity index is 2.15. The third-order valence-corrected chi connectivity index (χ3v) is 4.21. The van der Waals surface area contributed by atoms with E-state index >= 15 is 0 Å². The number of hydrogen-bond acceptors (Lipinski definition) is 4. The third kappa shape index (κ3) is 5.64. The first-order chi connectivity index (χ1) is 12.4. The molecule has 0 bridgehead atoms. The number of halogens is 1. The Morgan fingerprint density at radius 1 is 1.23 bits per heavy atom. The van der Waals surface area contributed by atoms with E-state index in [0.717, 1.165) is 11.1 Å². The van der Waals surface area contributed by atoms with Crippen LogP contribution in [0.15, 0.2) is 36.4 Å². The molecule has 0 saturated heterocycles. The van der Waals surface area contributed by atoms with Gasteiger partial charge in [-0.05, 0) is 38.0 Å². The summed E-state index contributed by atoms with van der Waals surface area (Å²) in [6.45, 7) is 6.73. The van der Waals surface area contributed by atoms with Crippen molar-refractivity contribution in [3.8, 4) is 11.5 Å². The van der Waals surface area contributed by atoms with Gasteiger partial charge >= 0.3 is 5.97 Å². The predicted molar refractivity (Wildman–Crippen MR) is 102 cm³/mol. The molecule has 0 heterocycles.